The highest BCUT2D eigenvalue weighted by Gasteiger charge is 2.01. The number of nitrogens with two attached hydrogens (primary N) is 1. The first-order valence-corrected chi connectivity index (χ1v) is 5.44. The normalized spacial score (nSPS) is 12.2. The van der Waals surface area contributed by atoms with Crippen molar-refractivity contribution in [2.45, 2.75) is 13.0 Å². The zero-order chi connectivity index (χ0) is 12.3. The average Bonchev–Trinajstić information content (AvgIpc) is 2.33. The van der Waals surface area contributed by atoms with Crippen LogP contribution in [-0.4, -0.2) is 0 Å². The highest BCUT2D eigenvalue weighted by atomic mass is 19.1. The summed E-state index contributed by atoms with van der Waals surface area (Å²) in [5, 5.41) is 0. The van der Waals surface area contributed by atoms with Gasteiger partial charge in [0.1, 0.15) is 17.3 Å². The Balaban J connectivity index is 2.11. The molecule has 0 aliphatic rings. The van der Waals surface area contributed by atoms with E-state index in [-0.39, 0.29) is 11.9 Å². The third kappa shape index (κ3) is 3.04. The molecule has 2 N–H and O–H groups in total. The molecule has 0 saturated carbocycles. The molecule has 2 rings (SSSR count). The molecule has 3 heteroatoms. The standard InChI is InChI=1S/C14H14FNO/c1-10(16)11-2-6-13(7-3-11)17-14-8-4-12(15)5-9-14/h2-10H,16H2,1H3/t10-/m0/s1. The van der Waals surface area contributed by atoms with E-state index in [9.17, 15) is 4.39 Å². The van der Waals surface area contributed by atoms with Crippen molar-refractivity contribution in [3.05, 3.63) is 59.9 Å². The zero-order valence-electron chi connectivity index (χ0n) is 9.56. The molecule has 0 saturated heterocycles. The van der Waals surface area contributed by atoms with Crippen LogP contribution in [0.25, 0.3) is 0 Å². The Morgan fingerprint density at radius 2 is 1.41 bits per heavy atom. The van der Waals surface area contributed by atoms with Crippen LogP contribution < -0.4 is 10.5 Å². The lowest BCUT2D eigenvalue weighted by Gasteiger charge is -2.08. The fourth-order valence-electron chi connectivity index (χ4n) is 1.48. The largest absolute Gasteiger partial charge is 0.457 e. The van der Waals surface area contributed by atoms with Crippen LogP contribution >= 0.6 is 0 Å². The van der Waals surface area contributed by atoms with Gasteiger partial charge in [0, 0.05) is 6.04 Å². The van der Waals surface area contributed by atoms with Gasteiger partial charge in [0.15, 0.2) is 0 Å². The topological polar surface area (TPSA) is 35.2 Å². The molecule has 2 aromatic carbocycles. The number of hydrogen-bond acceptors (Lipinski definition) is 2. The summed E-state index contributed by atoms with van der Waals surface area (Å²) in [5.41, 5.74) is 6.80. The summed E-state index contributed by atoms with van der Waals surface area (Å²) in [7, 11) is 0. The van der Waals surface area contributed by atoms with Crippen molar-refractivity contribution in [3.8, 4) is 11.5 Å². The maximum Gasteiger partial charge on any atom is 0.127 e. The molecular weight excluding hydrogens is 217 g/mol. The quantitative estimate of drug-likeness (QED) is 0.875. The van der Waals surface area contributed by atoms with E-state index in [1.807, 2.05) is 31.2 Å². The van der Waals surface area contributed by atoms with Crippen molar-refractivity contribution in [3.63, 3.8) is 0 Å². The lowest BCUT2D eigenvalue weighted by Crippen LogP contribution is -2.04. The van der Waals surface area contributed by atoms with Crippen LogP contribution in [0.2, 0.25) is 0 Å². The molecule has 88 valence electrons. The van der Waals surface area contributed by atoms with Crippen LogP contribution in [0.4, 0.5) is 4.39 Å². The van der Waals surface area contributed by atoms with Crippen LogP contribution in [0.5, 0.6) is 11.5 Å². The molecule has 0 unspecified atom stereocenters. The van der Waals surface area contributed by atoms with Crippen LogP contribution in [0.1, 0.15) is 18.5 Å². The van der Waals surface area contributed by atoms with Gasteiger partial charge in [-0.2, -0.15) is 0 Å². The number of halogens is 1. The van der Waals surface area contributed by atoms with Crippen molar-refractivity contribution < 1.29 is 9.13 Å². The monoisotopic (exact) mass is 231 g/mol. The number of benzene rings is 2. The van der Waals surface area contributed by atoms with Gasteiger partial charge in [0.05, 0.1) is 0 Å². The van der Waals surface area contributed by atoms with E-state index in [2.05, 4.69) is 0 Å². The van der Waals surface area contributed by atoms with Crippen LogP contribution in [0.15, 0.2) is 48.5 Å². The van der Waals surface area contributed by atoms with Gasteiger partial charge >= 0.3 is 0 Å². The lowest BCUT2D eigenvalue weighted by atomic mass is 10.1. The number of hydrogen-bond donors (Lipinski definition) is 1. The molecule has 0 fully saturated rings. The van der Waals surface area contributed by atoms with E-state index in [1.165, 1.54) is 12.1 Å². The van der Waals surface area contributed by atoms with Gasteiger partial charge in [-0.25, -0.2) is 4.39 Å². The van der Waals surface area contributed by atoms with E-state index < -0.39 is 0 Å². The minimum absolute atomic E-state index is 0.00914. The van der Waals surface area contributed by atoms with Gasteiger partial charge < -0.3 is 10.5 Å². The maximum atomic E-state index is 12.7. The third-order valence-corrected chi connectivity index (χ3v) is 2.46. The van der Waals surface area contributed by atoms with Gasteiger partial charge in [0.2, 0.25) is 0 Å². The van der Waals surface area contributed by atoms with Crippen LogP contribution in [0.3, 0.4) is 0 Å². The van der Waals surface area contributed by atoms with Crippen molar-refractivity contribution in [2.75, 3.05) is 0 Å². The fourth-order valence-corrected chi connectivity index (χ4v) is 1.48. The molecule has 0 aliphatic carbocycles. The summed E-state index contributed by atoms with van der Waals surface area (Å²) in [6.45, 7) is 1.93. The highest BCUT2D eigenvalue weighted by Crippen LogP contribution is 2.22. The van der Waals surface area contributed by atoms with Gasteiger partial charge in [-0.3, -0.25) is 0 Å². The zero-order valence-corrected chi connectivity index (χ0v) is 9.56. The second-order valence-electron chi connectivity index (χ2n) is 3.91. The molecule has 1 atom stereocenters. The van der Waals surface area contributed by atoms with Gasteiger partial charge in [-0.15, -0.1) is 0 Å². The summed E-state index contributed by atoms with van der Waals surface area (Å²) in [6, 6.07) is 13.5. The summed E-state index contributed by atoms with van der Waals surface area (Å²) in [4.78, 5) is 0. The van der Waals surface area contributed by atoms with E-state index >= 15 is 0 Å². The van der Waals surface area contributed by atoms with E-state index in [0.29, 0.717) is 11.5 Å². The molecule has 0 heterocycles. The van der Waals surface area contributed by atoms with Crippen molar-refractivity contribution in [1.29, 1.82) is 0 Å². The Labute approximate surface area is 99.8 Å². The number of ether oxygens (including phenoxy) is 1. The van der Waals surface area contributed by atoms with Crippen molar-refractivity contribution in [2.24, 2.45) is 5.73 Å². The van der Waals surface area contributed by atoms with Crippen molar-refractivity contribution >= 4 is 0 Å². The molecule has 2 aromatic rings. The predicted molar refractivity (Wildman–Crippen MR) is 65.5 cm³/mol. The van der Waals surface area contributed by atoms with Crippen molar-refractivity contribution in [1.82, 2.24) is 0 Å². The maximum absolute atomic E-state index is 12.7. The number of rotatable bonds is 3. The highest BCUT2D eigenvalue weighted by molar-refractivity contribution is 5.33. The molecule has 0 radical (unpaired) electrons. The van der Waals surface area contributed by atoms with Crippen LogP contribution in [0, 0.1) is 5.82 Å². The Morgan fingerprint density at radius 3 is 1.88 bits per heavy atom. The van der Waals surface area contributed by atoms with E-state index in [1.54, 1.807) is 12.1 Å². The van der Waals surface area contributed by atoms with Gasteiger partial charge in [-0.05, 0) is 48.9 Å². The fraction of sp³-hybridized carbons (Fsp3) is 0.143. The van der Waals surface area contributed by atoms with Gasteiger partial charge in [-0.1, -0.05) is 12.1 Å². The second kappa shape index (κ2) is 4.97. The molecule has 0 aromatic heterocycles. The van der Waals surface area contributed by atoms with E-state index in [4.69, 9.17) is 10.5 Å². The first kappa shape index (κ1) is 11.6. The van der Waals surface area contributed by atoms with Gasteiger partial charge in [0.25, 0.3) is 0 Å². The third-order valence-electron chi connectivity index (χ3n) is 2.46. The summed E-state index contributed by atoms with van der Waals surface area (Å²) in [5.74, 6) is 1.05. The SMILES string of the molecule is C[C@H](N)c1ccc(Oc2ccc(F)cc2)cc1. The first-order chi connectivity index (χ1) is 8.15. The molecule has 0 aliphatic heterocycles. The van der Waals surface area contributed by atoms with Crippen LogP contribution in [-0.2, 0) is 0 Å². The Bertz CT molecular complexity index is 477. The summed E-state index contributed by atoms with van der Waals surface area (Å²) >= 11 is 0. The Morgan fingerprint density at radius 1 is 0.941 bits per heavy atom. The Hall–Kier alpha value is -1.87. The molecule has 0 spiro atoms. The molecule has 17 heavy (non-hydrogen) atoms. The molecular formula is C14H14FNO. The minimum atomic E-state index is -0.273. The molecule has 0 bridgehead atoms. The Kier molecular flexibility index (Phi) is 3.40. The van der Waals surface area contributed by atoms with E-state index in [0.717, 1.165) is 5.56 Å². The minimum Gasteiger partial charge on any atom is -0.457 e. The predicted octanol–water partition coefficient (Wildman–Crippen LogP) is 3.64. The average molecular weight is 231 g/mol. The first-order valence-electron chi connectivity index (χ1n) is 5.44. The molecule has 2 nitrogen and oxygen atoms in total. The lowest BCUT2D eigenvalue weighted by molar-refractivity contribution is 0.480. The smallest absolute Gasteiger partial charge is 0.127 e. The second-order valence-corrected chi connectivity index (χ2v) is 3.91. The summed E-state index contributed by atoms with van der Waals surface area (Å²) < 4.78 is 18.3. The summed E-state index contributed by atoms with van der Waals surface area (Å²) in [6.07, 6.45) is 0. The molecule has 0 amide bonds.